The minimum Gasteiger partial charge on any atom is -0.489 e. The minimum absolute atomic E-state index is 0.104. The molecule has 0 aliphatic heterocycles. The van der Waals surface area contributed by atoms with Crippen LogP contribution in [0.15, 0.2) is 89.8 Å². The fraction of sp³-hybridized carbons (Fsp3) is 0.160. The first-order chi connectivity index (χ1) is 15.4. The van der Waals surface area contributed by atoms with Crippen LogP contribution in [0.1, 0.15) is 16.7 Å². The van der Waals surface area contributed by atoms with Crippen LogP contribution in [-0.2, 0) is 28.0 Å². The van der Waals surface area contributed by atoms with Gasteiger partial charge in [-0.25, -0.2) is 12.7 Å². The second kappa shape index (κ2) is 10.7. The highest BCUT2D eigenvalue weighted by molar-refractivity contribution is 7.89. The van der Waals surface area contributed by atoms with Gasteiger partial charge in [-0.05, 0) is 41.0 Å². The lowest BCUT2D eigenvalue weighted by Crippen LogP contribution is -2.26. The molecule has 0 bridgehead atoms. The molecule has 0 unspecified atom stereocenters. The van der Waals surface area contributed by atoms with E-state index in [1.165, 1.54) is 26.2 Å². The number of ether oxygens (including phenoxy) is 1. The predicted molar refractivity (Wildman–Crippen MR) is 125 cm³/mol. The molecule has 6 nitrogen and oxygen atoms in total. The van der Waals surface area contributed by atoms with E-state index in [9.17, 15) is 13.2 Å². The van der Waals surface area contributed by atoms with Crippen molar-refractivity contribution in [3.05, 3.63) is 102 Å². The molecule has 3 rings (SSSR count). The predicted octanol–water partition coefficient (Wildman–Crippen LogP) is 3.85. The average molecular weight is 451 g/mol. The van der Waals surface area contributed by atoms with Gasteiger partial charge < -0.3 is 10.1 Å². The molecule has 0 aliphatic rings. The highest BCUT2D eigenvalue weighted by Gasteiger charge is 2.20. The maximum atomic E-state index is 12.5. The number of carbonyl (C=O) groups excluding carboxylic acids is 1. The Bertz CT molecular complexity index is 1190. The van der Waals surface area contributed by atoms with Crippen molar-refractivity contribution in [1.29, 1.82) is 0 Å². The molecule has 0 heterocycles. The summed E-state index contributed by atoms with van der Waals surface area (Å²) in [7, 11) is -0.636. The summed E-state index contributed by atoms with van der Waals surface area (Å²) in [5.41, 5.74) is 2.42. The molecule has 0 aromatic heterocycles. The quantitative estimate of drug-likeness (QED) is 0.503. The first-order valence-electron chi connectivity index (χ1n) is 10.1. The van der Waals surface area contributed by atoms with Crippen molar-refractivity contribution in [3.8, 4) is 5.75 Å². The van der Waals surface area contributed by atoms with Crippen LogP contribution in [-0.4, -0.2) is 32.7 Å². The highest BCUT2D eigenvalue weighted by atomic mass is 32.2. The summed E-state index contributed by atoms with van der Waals surface area (Å²) in [6, 6.07) is 24.0. The standard InChI is InChI=1S/C25H26N2O4S/c1-27(2)32(29,30)24-14-7-6-12-22(24)18-26-25(28)16-15-20-11-8-13-23(17-20)31-19-21-9-4-3-5-10-21/h3-17H,18-19H2,1-2H3,(H,26,28)/b16-15+. The largest absolute Gasteiger partial charge is 0.489 e. The summed E-state index contributed by atoms with van der Waals surface area (Å²) in [5, 5.41) is 2.74. The normalized spacial score (nSPS) is 11.6. The fourth-order valence-electron chi connectivity index (χ4n) is 2.96. The molecule has 1 amide bonds. The Morgan fingerprint density at radius 2 is 1.69 bits per heavy atom. The molecule has 7 heteroatoms. The lowest BCUT2D eigenvalue weighted by molar-refractivity contribution is -0.116. The van der Waals surface area contributed by atoms with Crippen LogP contribution in [0.3, 0.4) is 0 Å². The molecular weight excluding hydrogens is 424 g/mol. The van der Waals surface area contributed by atoms with E-state index in [1.54, 1.807) is 24.3 Å². The van der Waals surface area contributed by atoms with E-state index in [-0.39, 0.29) is 17.3 Å². The van der Waals surface area contributed by atoms with Gasteiger partial charge in [-0.2, -0.15) is 0 Å². The second-order valence-electron chi connectivity index (χ2n) is 7.29. The Morgan fingerprint density at radius 1 is 0.969 bits per heavy atom. The molecule has 166 valence electrons. The first kappa shape index (κ1) is 23.2. The average Bonchev–Trinajstić information content (AvgIpc) is 2.81. The molecule has 0 saturated heterocycles. The highest BCUT2D eigenvalue weighted by Crippen LogP contribution is 2.19. The molecule has 0 radical (unpaired) electrons. The van der Waals surface area contributed by atoms with Gasteiger partial charge in [0.1, 0.15) is 12.4 Å². The zero-order valence-corrected chi connectivity index (χ0v) is 18.9. The SMILES string of the molecule is CN(C)S(=O)(=O)c1ccccc1CNC(=O)/C=C/c1cccc(OCc2ccccc2)c1. The monoisotopic (exact) mass is 450 g/mol. The Hall–Kier alpha value is -3.42. The molecule has 1 N–H and O–H groups in total. The lowest BCUT2D eigenvalue weighted by atomic mass is 10.2. The number of carbonyl (C=O) groups is 1. The Labute approximate surface area is 189 Å². The Balaban J connectivity index is 1.60. The van der Waals surface area contributed by atoms with Crippen molar-refractivity contribution in [2.75, 3.05) is 14.1 Å². The van der Waals surface area contributed by atoms with Gasteiger partial charge in [-0.1, -0.05) is 60.7 Å². The molecule has 3 aromatic rings. The lowest BCUT2D eigenvalue weighted by Gasteiger charge is -2.15. The van der Waals surface area contributed by atoms with Crippen LogP contribution in [0.25, 0.3) is 6.08 Å². The summed E-state index contributed by atoms with van der Waals surface area (Å²) in [6.45, 7) is 0.566. The Morgan fingerprint density at radius 3 is 2.44 bits per heavy atom. The van der Waals surface area contributed by atoms with Gasteiger partial charge in [0.25, 0.3) is 0 Å². The van der Waals surface area contributed by atoms with Crippen LogP contribution < -0.4 is 10.1 Å². The smallest absolute Gasteiger partial charge is 0.244 e. The summed E-state index contributed by atoms with van der Waals surface area (Å²) in [6.07, 6.45) is 3.10. The van der Waals surface area contributed by atoms with E-state index >= 15 is 0 Å². The van der Waals surface area contributed by atoms with Crippen molar-refractivity contribution < 1.29 is 17.9 Å². The maximum absolute atomic E-state index is 12.5. The molecule has 0 spiro atoms. The van der Waals surface area contributed by atoms with Crippen LogP contribution in [0, 0.1) is 0 Å². The van der Waals surface area contributed by atoms with Crippen molar-refractivity contribution in [3.63, 3.8) is 0 Å². The van der Waals surface area contributed by atoms with Crippen LogP contribution in [0.2, 0.25) is 0 Å². The zero-order chi connectivity index (χ0) is 23.0. The summed E-state index contributed by atoms with van der Waals surface area (Å²) in [4.78, 5) is 12.5. The van der Waals surface area contributed by atoms with Gasteiger partial charge in [-0.15, -0.1) is 0 Å². The number of hydrogen-bond acceptors (Lipinski definition) is 4. The van der Waals surface area contributed by atoms with Gasteiger partial charge in [0, 0.05) is 26.7 Å². The van der Waals surface area contributed by atoms with Crippen molar-refractivity contribution >= 4 is 22.0 Å². The summed E-state index contributed by atoms with van der Waals surface area (Å²) >= 11 is 0. The van der Waals surface area contributed by atoms with Gasteiger partial charge >= 0.3 is 0 Å². The van der Waals surface area contributed by atoms with E-state index in [1.807, 2.05) is 54.6 Å². The zero-order valence-electron chi connectivity index (χ0n) is 18.1. The van der Waals surface area contributed by atoms with E-state index < -0.39 is 10.0 Å². The molecule has 3 aromatic carbocycles. The number of rotatable bonds is 9. The molecule has 0 aliphatic carbocycles. The van der Waals surface area contributed by atoms with E-state index in [0.29, 0.717) is 17.9 Å². The van der Waals surface area contributed by atoms with Gasteiger partial charge in [0.05, 0.1) is 4.90 Å². The van der Waals surface area contributed by atoms with E-state index in [0.717, 1.165) is 15.4 Å². The van der Waals surface area contributed by atoms with Crippen LogP contribution >= 0.6 is 0 Å². The van der Waals surface area contributed by atoms with Crippen molar-refractivity contribution in [1.82, 2.24) is 9.62 Å². The molecule has 32 heavy (non-hydrogen) atoms. The summed E-state index contributed by atoms with van der Waals surface area (Å²) in [5.74, 6) is 0.386. The van der Waals surface area contributed by atoms with E-state index in [4.69, 9.17) is 4.74 Å². The van der Waals surface area contributed by atoms with Crippen LogP contribution in [0.4, 0.5) is 0 Å². The molecule has 0 fully saturated rings. The topological polar surface area (TPSA) is 75.7 Å². The maximum Gasteiger partial charge on any atom is 0.244 e. The number of nitrogens with one attached hydrogen (secondary N) is 1. The second-order valence-corrected chi connectivity index (χ2v) is 9.41. The minimum atomic E-state index is -3.59. The van der Waals surface area contributed by atoms with Crippen molar-refractivity contribution in [2.45, 2.75) is 18.0 Å². The van der Waals surface area contributed by atoms with Gasteiger partial charge in [-0.3, -0.25) is 4.79 Å². The molecular formula is C25H26N2O4S. The third kappa shape index (κ3) is 6.29. The first-order valence-corrected chi connectivity index (χ1v) is 11.5. The summed E-state index contributed by atoms with van der Waals surface area (Å²) < 4.78 is 31.9. The number of sulfonamides is 1. The molecule has 0 atom stereocenters. The van der Waals surface area contributed by atoms with Gasteiger partial charge in [0.15, 0.2) is 0 Å². The number of amides is 1. The van der Waals surface area contributed by atoms with Crippen molar-refractivity contribution in [2.24, 2.45) is 0 Å². The Kier molecular flexibility index (Phi) is 7.81. The third-order valence-corrected chi connectivity index (χ3v) is 6.63. The van der Waals surface area contributed by atoms with Crippen LogP contribution in [0.5, 0.6) is 5.75 Å². The van der Waals surface area contributed by atoms with Gasteiger partial charge in [0.2, 0.25) is 15.9 Å². The number of hydrogen-bond donors (Lipinski definition) is 1. The molecule has 0 saturated carbocycles. The number of nitrogens with zero attached hydrogens (tertiary/aromatic N) is 1. The fourth-order valence-corrected chi connectivity index (χ4v) is 4.08. The third-order valence-electron chi connectivity index (χ3n) is 4.72. The number of benzene rings is 3. The van der Waals surface area contributed by atoms with E-state index in [2.05, 4.69) is 5.32 Å².